The van der Waals surface area contributed by atoms with Crippen molar-refractivity contribution in [2.24, 2.45) is 0 Å². The number of benzene rings is 2. The lowest BCUT2D eigenvalue weighted by Gasteiger charge is -2.35. The highest BCUT2D eigenvalue weighted by atomic mass is 35.5. The van der Waals surface area contributed by atoms with E-state index in [0.717, 1.165) is 11.3 Å². The zero-order chi connectivity index (χ0) is 20.3. The second kappa shape index (κ2) is 8.23. The molecule has 1 aliphatic rings. The Hall–Kier alpha value is -2.53. The molecule has 0 atom stereocenters. The highest BCUT2D eigenvalue weighted by Gasteiger charge is 2.27. The number of carbonyl (C=O) groups is 2. The number of nitrogens with zero attached hydrogens (tertiary/aromatic N) is 2. The number of piperazine rings is 1. The molecule has 0 spiro atoms. The van der Waals surface area contributed by atoms with Crippen molar-refractivity contribution in [2.45, 2.75) is 26.2 Å². The van der Waals surface area contributed by atoms with E-state index < -0.39 is 11.8 Å². The first kappa shape index (κ1) is 20.2. The summed E-state index contributed by atoms with van der Waals surface area (Å²) < 4.78 is 0. The predicted molar refractivity (Wildman–Crippen MR) is 114 cm³/mol. The first-order chi connectivity index (χ1) is 13.3. The van der Waals surface area contributed by atoms with E-state index in [1.165, 1.54) is 0 Å². The highest BCUT2D eigenvalue weighted by Crippen LogP contribution is 2.29. The van der Waals surface area contributed by atoms with Crippen LogP contribution in [0.1, 0.15) is 26.3 Å². The molecule has 1 aliphatic heterocycles. The van der Waals surface area contributed by atoms with Gasteiger partial charge in [-0.2, -0.15) is 0 Å². The molecule has 0 bridgehead atoms. The molecule has 0 saturated carbocycles. The predicted octanol–water partition coefficient (Wildman–Crippen LogP) is 3.92. The molecule has 1 fully saturated rings. The summed E-state index contributed by atoms with van der Waals surface area (Å²) in [6.45, 7) is 8.56. The number of carbonyl (C=O) groups excluding carboxylic acids is 2. The Kier molecular flexibility index (Phi) is 5.94. The third-order valence-electron chi connectivity index (χ3n) is 4.92. The average molecular weight is 400 g/mol. The molecule has 1 saturated heterocycles. The summed E-state index contributed by atoms with van der Waals surface area (Å²) in [5.41, 5.74) is 2.59. The quantitative estimate of drug-likeness (QED) is 0.778. The summed E-state index contributed by atoms with van der Waals surface area (Å²) in [4.78, 5) is 29.0. The van der Waals surface area contributed by atoms with E-state index in [-0.39, 0.29) is 5.41 Å². The Labute approximate surface area is 171 Å². The molecule has 0 aromatic heterocycles. The van der Waals surface area contributed by atoms with E-state index in [1.807, 2.05) is 48.5 Å². The number of nitrogens with one attached hydrogen (secondary N) is 1. The first-order valence-electron chi connectivity index (χ1n) is 9.46. The summed E-state index contributed by atoms with van der Waals surface area (Å²) in [5, 5.41) is 3.49. The van der Waals surface area contributed by atoms with Crippen molar-refractivity contribution in [2.75, 3.05) is 36.4 Å². The van der Waals surface area contributed by atoms with Crippen molar-refractivity contribution < 1.29 is 9.59 Å². The van der Waals surface area contributed by atoms with E-state index >= 15 is 0 Å². The van der Waals surface area contributed by atoms with Crippen LogP contribution in [0.25, 0.3) is 0 Å². The van der Waals surface area contributed by atoms with Crippen LogP contribution in [0.4, 0.5) is 11.4 Å². The SMILES string of the molecule is CC(C)(C)c1ccccc1NC(=O)C(=O)N1CCN(c2cccc(Cl)c2)CC1. The lowest BCUT2D eigenvalue weighted by molar-refractivity contribution is -0.143. The van der Waals surface area contributed by atoms with Crippen molar-refractivity contribution in [3.8, 4) is 0 Å². The maximum absolute atomic E-state index is 12.6. The molecule has 2 amide bonds. The van der Waals surface area contributed by atoms with Gasteiger partial charge in [0.15, 0.2) is 0 Å². The molecule has 1 heterocycles. The van der Waals surface area contributed by atoms with Gasteiger partial charge < -0.3 is 15.1 Å². The molecule has 0 radical (unpaired) electrons. The lowest BCUT2D eigenvalue weighted by Crippen LogP contribution is -2.51. The fraction of sp³-hybridized carbons (Fsp3) is 0.364. The van der Waals surface area contributed by atoms with Crippen molar-refractivity contribution in [3.63, 3.8) is 0 Å². The lowest BCUT2D eigenvalue weighted by atomic mass is 9.86. The van der Waals surface area contributed by atoms with Crippen molar-refractivity contribution in [1.82, 2.24) is 4.90 Å². The van der Waals surface area contributed by atoms with Crippen LogP contribution in [0.3, 0.4) is 0 Å². The van der Waals surface area contributed by atoms with Gasteiger partial charge in [0, 0.05) is 42.6 Å². The highest BCUT2D eigenvalue weighted by molar-refractivity contribution is 6.39. The van der Waals surface area contributed by atoms with Gasteiger partial charge in [-0.1, -0.05) is 56.6 Å². The van der Waals surface area contributed by atoms with E-state index in [0.29, 0.717) is 36.9 Å². The zero-order valence-electron chi connectivity index (χ0n) is 16.5. The Bertz CT molecular complexity index is 868. The Morgan fingerprint density at radius 3 is 2.29 bits per heavy atom. The molecule has 0 unspecified atom stereocenters. The number of rotatable bonds is 2. The largest absolute Gasteiger partial charge is 0.368 e. The van der Waals surface area contributed by atoms with Gasteiger partial charge in [-0.15, -0.1) is 0 Å². The van der Waals surface area contributed by atoms with E-state index in [4.69, 9.17) is 11.6 Å². The fourth-order valence-electron chi connectivity index (χ4n) is 3.41. The van der Waals surface area contributed by atoms with Gasteiger partial charge in [0.2, 0.25) is 0 Å². The van der Waals surface area contributed by atoms with Crippen LogP contribution in [-0.4, -0.2) is 42.9 Å². The maximum atomic E-state index is 12.6. The molecule has 0 aliphatic carbocycles. The number of hydrogen-bond donors (Lipinski definition) is 1. The standard InChI is InChI=1S/C22H26ClN3O2/c1-22(2,3)18-9-4-5-10-19(18)24-20(27)21(28)26-13-11-25(12-14-26)17-8-6-7-16(23)15-17/h4-10,15H,11-14H2,1-3H3,(H,24,27). The maximum Gasteiger partial charge on any atom is 0.313 e. The van der Waals surface area contributed by atoms with Crippen LogP contribution in [0.2, 0.25) is 5.02 Å². The number of para-hydroxylation sites is 1. The van der Waals surface area contributed by atoms with Crippen molar-refractivity contribution in [1.29, 1.82) is 0 Å². The van der Waals surface area contributed by atoms with Gasteiger partial charge in [0.1, 0.15) is 0 Å². The minimum Gasteiger partial charge on any atom is -0.368 e. The van der Waals surface area contributed by atoms with Crippen molar-refractivity contribution >= 4 is 34.8 Å². The third kappa shape index (κ3) is 4.65. The molecule has 28 heavy (non-hydrogen) atoms. The molecular formula is C22H26ClN3O2. The number of amides is 2. The van der Waals surface area contributed by atoms with Crippen LogP contribution in [0.5, 0.6) is 0 Å². The van der Waals surface area contributed by atoms with E-state index in [1.54, 1.807) is 4.90 Å². The summed E-state index contributed by atoms with van der Waals surface area (Å²) in [7, 11) is 0. The van der Waals surface area contributed by atoms with Gasteiger partial charge in [-0.3, -0.25) is 9.59 Å². The summed E-state index contributed by atoms with van der Waals surface area (Å²) in [5.74, 6) is -1.08. The van der Waals surface area contributed by atoms with Gasteiger partial charge in [0.25, 0.3) is 0 Å². The molecule has 2 aromatic rings. The number of anilines is 2. The second-order valence-electron chi connectivity index (χ2n) is 8.01. The average Bonchev–Trinajstić information content (AvgIpc) is 2.67. The van der Waals surface area contributed by atoms with E-state index in [2.05, 4.69) is 31.0 Å². The normalized spacial score (nSPS) is 14.7. The third-order valence-corrected chi connectivity index (χ3v) is 5.15. The van der Waals surface area contributed by atoms with Crippen LogP contribution >= 0.6 is 11.6 Å². The van der Waals surface area contributed by atoms with Crippen molar-refractivity contribution in [3.05, 3.63) is 59.1 Å². The Balaban J connectivity index is 1.62. The zero-order valence-corrected chi connectivity index (χ0v) is 17.3. The van der Waals surface area contributed by atoms with Gasteiger partial charge in [-0.05, 0) is 35.2 Å². The first-order valence-corrected chi connectivity index (χ1v) is 9.84. The van der Waals surface area contributed by atoms with Crippen LogP contribution in [0.15, 0.2) is 48.5 Å². The minimum atomic E-state index is -0.590. The molecule has 148 valence electrons. The Morgan fingerprint density at radius 1 is 0.964 bits per heavy atom. The molecule has 2 aromatic carbocycles. The second-order valence-corrected chi connectivity index (χ2v) is 8.45. The smallest absolute Gasteiger partial charge is 0.313 e. The topological polar surface area (TPSA) is 52.7 Å². The summed E-state index contributed by atoms with van der Waals surface area (Å²) >= 11 is 6.06. The fourth-order valence-corrected chi connectivity index (χ4v) is 3.59. The monoisotopic (exact) mass is 399 g/mol. The summed E-state index contributed by atoms with van der Waals surface area (Å²) in [6, 6.07) is 15.3. The van der Waals surface area contributed by atoms with Gasteiger partial charge >= 0.3 is 11.8 Å². The molecule has 5 nitrogen and oxygen atoms in total. The molecular weight excluding hydrogens is 374 g/mol. The summed E-state index contributed by atoms with van der Waals surface area (Å²) in [6.07, 6.45) is 0. The Morgan fingerprint density at radius 2 is 1.64 bits per heavy atom. The van der Waals surface area contributed by atoms with Crippen LogP contribution < -0.4 is 10.2 Å². The van der Waals surface area contributed by atoms with Gasteiger partial charge in [-0.25, -0.2) is 0 Å². The number of halogens is 1. The molecule has 1 N–H and O–H groups in total. The minimum absolute atomic E-state index is 0.129. The molecule has 3 rings (SSSR count). The number of hydrogen-bond acceptors (Lipinski definition) is 3. The molecule has 6 heteroatoms. The van der Waals surface area contributed by atoms with Gasteiger partial charge in [0.05, 0.1) is 0 Å². The van der Waals surface area contributed by atoms with Crippen LogP contribution in [-0.2, 0) is 15.0 Å². The van der Waals surface area contributed by atoms with E-state index in [9.17, 15) is 9.59 Å². The van der Waals surface area contributed by atoms with Crippen LogP contribution in [0, 0.1) is 0 Å².